The van der Waals surface area contributed by atoms with Gasteiger partial charge in [0, 0.05) is 18.1 Å². The van der Waals surface area contributed by atoms with Crippen LogP contribution in [0.15, 0.2) is 35.3 Å². The van der Waals surface area contributed by atoms with Crippen LogP contribution in [0.1, 0.15) is 25.7 Å². The first kappa shape index (κ1) is 19.1. The summed E-state index contributed by atoms with van der Waals surface area (Å²) in [5, 5.41) is 10.5. The van der Waals surface area contributed by atoms with Gasteiger partial charge in [-0.1, -0.05) is 42.6 Å². The number of unbranched alkanes of at least 4 members (excludes halogenated alkanes) is 3. The van der Waals surface area contributed by atoms with Crippen molar-refractivity contribution < 1.29 is 0 Å². The molecule has 0 radical (unpaired) electrons. The van der Waals surface area contributed by atoms with Crippen molar-refractivity contribution in [1.29, 1.82) is 5.41 Å². The molecular formula is C14H25ClN6. The Morgan fingerprint density at radius 3 is 2.14 bits per heavy atom. The molecule has 0 aliphatic rings. The Hall–Kier alpha value is -1.95. The molecule has 1 rings (SSSR count). The van der Waals surface area contributed by atoms with Crippen LogP contribution < -0.4 is 22.5 Å². The van der Waals surface area contributed by atoms with E-state index in [0.29, 0.717) is 6.54 Å². The van der Waals surface area contributed by atoms with Crippen molar-refractivity contribution in [3.63, 3.8) is 0 Å². The molecule has 0 amide bonds. The van der Waals surface area contributed by atoms with Gasteiger partial charge in [0.25, 0.3) is 0 Å². The van der Waals surface area contributed by atoms with Gasteiger partial charge in [-0.05, 0) is 25.0 Å². The maximum absolute atomic E-state index is 6.91. The standard InChI is InChI=1S/C8H20N6.C6H5Cl/c9-7(10)13-5-3-1-2-4-6-14-8(11)12;7-6-4-2-1-3-5-6/h1-6H2,(H4,9,10,13)(H4,11,12,14);1-5H. The number of nitrogens with two attached hydrogens (primary N) is 3. The summed E-state index contributed by atoms with van der Waals surface area (Å²) in [4.78, 5) is 3.87. The highest BCUT2D eigenvalue weighted by atomic mass is 35.5. The van der Waals surface area contributed by atoms with Crippen molar-refractivity contribution in [2.45, 2.75) is 25.7 Å². The van der Waals surface area contributed by atoms with E-state index >= 15 is 0 Å². The third-order valence-corrected chi connectivity index (χ3v) is 2.68. The first-order valence-corrected chi connectivity index (χ1v) is 7.24. The second-order valence-corrected chi connectivity index (χ2v) is 4.79. The zero-order valence-electron chi connectivity index (χ0n) is 12.2. The minimum atomic E-state index is 0.0329. The van der Waals surface area contributed by atoms with Gasteiger partial charge in [0.2, 0.25) is 0 Å². The van der Waals surface area contributed by atoms with Crippen LogP contribution in [0, 0.1) is 5.41 Å². The van der Waals surface area contributed by atoms with E-state index < -0.39 is 0 Å². The van der Waals surface area contributed by atoms with Gasteiger partial charge in [-0.15, -0.1) is 0 Å². The highest BCUT2D eigenvalue weighted by molar-refractivity contribution is 6.30. The number of hydrogen-bond donors (Lipinski definition) is 5. The lowest BCUT2D eigenvalue weighted by molar-refractivity contribution is 0.636. The average molecular weight is 313 g/mol. The van der Waals surface area contributed by atoms with Crippen molar-refractivity contribution >= 4 is 23.5 Å². The highest BCUT2D eigenvalue weighted by Crippen LogP contribution is 2.03. The van der Waals surface area contributed by atoms with E-state index in [9.17, 15) is 0 Å². The Morgan fingerprint density at radius 1 is 1.05 bits per heavy atom. The summed E-state index contributed by atoms with van der Waals surface area (Å²) in [5.41, 5.74) is 15.5. The van der Waals surface area contributed by atoms with Gasteiger partial charge < -0.3 is 22.5 Å². The van der Waals surface area contributed by atoms with E-state index in [1.165, 1.54) is 0 Å². The van der Waals surface area contributed by atoms with E-state index in [1.54, 1.807) is 0 Å². The summed E-state index contributed by atoms with van der Waals surface area (Å²) in [6, 6.07) is 9.44. The largest absolute Gasteiger partial charge is 0.370 e. The first-order valence-electron chi connectivity index (χ1n) is 6.86. The van der Waals surface area contributed by atoms with Crippen LogP contribution in [0.25, 0.3) is 0 Å². The van der Waals surface area contributed by atoms with Gasteiger partial charge in [0.15, 0.2) is 11.9 Å². The minimum Gasteiger partial charge on any atom is -0.370 e. The predicted molar refractivity (Wildman–Crippen MR) is 90.5 cm³/mol. The SMILES string of the molecule is Clc1ccccc1.N=C(N)NCCCCCCN=C(N)N. The zero-order valence-corrected chi connectivity index (χ0v) is 12.9. The molecule has 118 valence electrons. The lowest BCUT2D eigenvalue weighted by Gasteiger charge is -2.02. The molecule has 6 nitrogen and oxygen atoms in total. The van der Waals surface area contributed by atoms with Gasteiger partial charge in [0.1, 0.15) is 0 Å². The minimum absolute atomic E-state index is 0.0329. The van der Waals surface area contributed by atoms with Crippen molar-refractivity contribution in [1.82, 2.24) is 5.32 Å². The Labute approximate surface area is 131 Å². The molecule has 0 fully saturated rings. The third-order valence-electron chi connectivity index (χ3n) is 2.43. The predicted octanol–water partition coefficient (Wildman–Crippen LogP) is 1.64. The molecule has 0 aliphatic heterocycles. The maximum Gasteiger partial charge on any atom is 0.185 e. The zero-order chi connectivity index (χ0) is 15.9. The van der Waals surface area contributed by atoms with Crippen LogP contribution >= 0.6 is 11.6 Å². The number of guanidine groups is 2. The average Bonchev–Trinajstić information content (AvgIpc) is 2.43. The quantitative estimate of drug-likeness (QED) is 0.298. The Balaban J connectivity index is 0.000000471. The number of nitrogens with one attached hydrogen (secondary N) is 2. The number of benzene rings is 1. The molecule has 21 heavy (non-hydrogen) atoms. The molecule has 0 bridgehead atoms. The van der Waals surface area contributed by atoms with Gasteiger partial charge in [-0.3, -0.25) is 10.4 Å². The topological polar surface area (TPSA) is 126 Å². The van der Waals surface area contributed by atoms with Crippen LogP contribution in [0.5, 0.6) is 0 Å². The van der Waals surface area contributed by atoms with Crippen molar-refractivity contribution in [3.8, 4) is 0 Å². The van der Waals surface area contributed by atoms with E-state index in [4.69, 9.17) is 34.2 Å². The second-order valence-electron chi connectivity index (χ2n) is 4.36. The van der Waals surface area contributed by atoms with Gasteiger partial charge >= 0.3 is 0 Å². The van der Waals surface area contributed by atoms with Crippen molar-refractivity contribution in [2.75, 3.05) is 13.1 Å². The summed E-state index contributed by atoms with van der Waals surface area (Å²) in [6.07, 6.45) is 4.20. The monoisotopic (exact) mass is 312 g/mol. The maximum atomic E-state index is 6.91. The van der Waals surface area contributed by atoms with E-state index in [2.05, 4.69) is 10.3 Å². The fourth-order valence-corrected chi connectivity index (χ4v) is 1.58. The number of halogens is 1. The molecular weight excluding hydrogens is 288 g/mol. The smallest absolute Gasteiger partial charge is 0.185 e. The van der Waals surface area contributed by atoms with Crippen LogP contribution in [0.3, 0.4) is 0 Å². The molecule has 0 atom stereocenters. The third kappa shape index (κ3) is 16.0. The molecule has 0 aromatic heterocycles. The molecule has 8 N–H and O–H groups in total. The van der Waals surface area contributed by atoms with Crippen molar-refractivity contribution in [3.05, 3.63) is 35.4 Å². The molecule has 0 spiro atoms. The summed E-state index contributed by atoms with van der Waals surface area (Å²) in [5.74, 6) is 0.189. The summed E-state index contributed by atoms with van der Waals surface area (Å²) in [6.45, 7) is 1.46. The Bertz CT molecular complexity index is 403. The summed E-state index contributed by atoms with van der Waals surface area (Å²) < 4.78 is 0. The van der Waals surface area contributed by atoms with E-state index in [-0.39, 0.29) is 11.9 Å². The van der Waals surface area contributed by atoms with Crippen LogP contribution in [-0.4, -0.2) is 25.0 Å². The van der Waals surface area contributed by atoms with Crippen LogP contribution in [0.2, 0.25) is 5.02 Å². The van der Waals surface area contributed by atoms with Gasteiger partial charge in [0.05, 0.1) is 0 Å². The number of hydrogen-bond acceptors (Lipinski definition) is 2. The fraction of sp³-hybridized carbons (Fsp3) is 0.429. The summed E-state index contributed by atoms with van der Waals surface area (Å²) >= 11 is 5.54. The highest BCUT2D eigenvalue weighted by Gasteiger charge is 1.90. The van der Waals surface area contributed by atoms with Crippen molar-refractivity contribution in [2.24, 2.45) is 22.2 Å². The molecule has 0 heterocycles. The number of rotatable bonds is 7. The van der Waals surface area contributed by atoms with E-state index in [0.717, 1.165) is 37.3 Å². The molecule has 1 aromatic carbocycles. The fourth-order valence-electron chi connectivity index (χ4n) is 1.44. The molecule has 1 aromatic rings. The lowest BCUT2D eigenvalue weighted by atomic mass is 10.2. The molecule has 0 aliphatic carbocycles. The summed E-state index contributed by atoms with van der Waals surface area (Å²) in [7, 11) is 0. The van der Waals surface area contributed by atoms with Crippen LogP contribution in [-0.2, 0) is 0 Å². The van der Waals surface area contributed by atoms with E-state index in [1.807, 2.05) is 30.3 Å². The van der Waals surface area contributed by atoms with Crippen LogP contribution in [0.4, 0.5) is 0 Å². The lowest BCUT2D eigenvalue weighted by Crippen LogP contribution is -2.30. The Morgan fingerprint density at radius 2 is 1.67 bits per heavy atom. The molecule has 0 saturated heterocycles. The molecule has 0 saturated carbocycles. The molecule has 7 heteroatoms. The van der Waals surface area contributed by atoms with Gasteiger partial charge in [-0.25, -0.2) is 0 Å². The second kappa shape index (κ2) is 13.1. The molecule has 0 unspecified atom stereocenters. The number of nitrogens with zero attached hydrogens (tertiary/aromatic N) is 1. The normalized spacial score (nSPS) is 9.19. The first-order chi connectivity index (χ1) is 10.0. The number of aliphatic imine (C=N–C) groups is 1. The Kier molecular flexibility index (Phi) is 11.8. The van der Waals surface area contributed by atoms with Gasteiger partial charge in [-0.2, -0.15) is 0 Å².